The minimum atomic E-state index is -0.562. The maximum absolute atomic E-state index is 12.2. The van der Waals surface area contributed by atoms with Gasteiger partial charge in [-0.25, -0.2) is 4.98 Å². The number of hydrogen-bond donors (Lipinski definition) is 0. The molecular formula is C16H9N3O2S. The summed E-state index contributed by atoms with van der Waals surface area (Å²) < 4.78 is 0. The quantitative estimate of drug-likeness (QED) is 0.683. The second-order valence-electron chi connectivity index (χ2n) is 4.73. The predicted octanol–water partition coefficient (Wildman–Crippen LogP) is 3.07. The number of amides is 1. The van der Waals surface area contributed by atoms with Crippen molar-refractivity contribution < 1.29 is 9.59 Å². The molecule has 0 radical (unpaired) electrons. The van der Waals surface area contributed by atoms with Gasteiger partial charge in [0.25, 0.3) is 5.78 Å². The van der Waals surface area contributed by atoms with Gasteiger partial charge in [-0.1, -0.05) is 12.1 Å². The third-order valence-corrected chi connectivity index (χ3v) is 4.31. The van der Waals surface area contributed by atoms with E-state index in [0.717, 1.165) is 10.6 Å². The first-order valence-corrected chi connectivity index (χ1v) is 7.47. The summed E-state index contributed by atoms with van der Waals surface area (Å²) in [5, 5.41) is 2.56. The molecule has 0 unspecified atom stereocenters. The lowest BCUT2D eigenvalue weighted by Crippen LogP contribution is -2.25. The van der Waals surface area contributed by atoms with Gasteiger partial charge in [-0.05, 0) is 24.3 Å². The smallest absolute Gasteiger partial charge is 0.283 e. The van der Waals surface area contributed by atoms with Crippen molar-refractivity contribution >= 4 is 34.5 Å². The summed E-state index contributed by atoms with van der Waals surface area (Å²) in [7, 11) is 0. The number of carbonyl (C=O) groups excluding carboxylic acids is 2. The van der Waals surface area contributed by atoms with Crippen LogP contribution in [0.1, 0.15) is 10.4 Å². The molecule has 0 N–H and O–H groups in total. The van der Waals surface area contributed by atoms with Gasteiger partial charge in [-0.15, -0.1) is 11.3 Å². The molecule has 2 aromatic heterocycles. The fraction of sp³-hybridized carbons (Fsp3) is 0. The Bertz CT molecular complexity index is 889. The fourth-order valence-electron chi connectivity index (χ4n) is 2.41. The standard InChI is InChI=1S/C16H9N3O2S/c20-14-11-3-1-2-4-12(11)19(16(14)21)13-9-22-15(18-13)10-5-7-17-8-6-10/h1-9H. The molecule has 1 aromatic carbocycles. The SMILES string of the molecule is O=C1C(=O)N(c2csc(-c3ccncc3)n2)c2ccccc21. The molecule has 3 heterocycles. The van der Waals surface area contributed by atoms with E-state index in [9.17, 15) is 9.59 Å². The van der Waals surface area contributed by atoms with Crippen LogP contribution in [0.25, 0.3) is 10.6 Å². The van der Waals surface area contributed by atoms with Crippen molar-refractivity contribution in [2.75, 3.05) is 4.90 Å². The zero-order valence-electron chi connectivity index (χ0n) is 11.3. The normalized spacial score (nSPS) is 13.5. The molecule has 0 fully saturated rings. The van der Waals surface area contributed by atoms with Gasteiger partial charge in [0.1, 0.15) is 5.01 Å². The first kappa shape index (κ1) is 12.8. The zero-order valence-corrected chi connectivity index (χ0v) is 12.1. The molecule has 1 aliphatic heterocycles. The highest BCUT2D eigenvalue weighted by molar-refractivity contribution is 7.13. The van der Waals surface area contributed by atoms with Crippen molar-refractivity contribution in [1.82, 2.24) is 9.97 Å². The molecule has 1 aliphatic rings. The number of pyridine rings is 1. The molecule has 106 valence electrons. The number of para-hydroxylation sites is 1. The third kappa shape index (κ3) is 1.85. The Morgan fingerprint density at radius 3 is 2.59 bits per heavy atom. The Kier molecular flexibility index (Phi) is 2.83. The highest BCUT2D eigenvalue weighted by atomic mass is 32.1. The minimum absolute atomic E-state index is 0.422. The van der Waals surface area contributed by atoms with Gasteiger partial charge in [0, 0.05) is 23.3 Å². The summed E-state index contributed by atoms with van der Waals surface area (Å²) in [4.78, 5) is 34.1. The molecule has 6 heteroatoms. The maximum atomic E-state index is 12.2. The highest BCUT2D eigenvalue weighted by Crippen LogP contribution is 2.37. The summed E-state index contributed by atoms with van der Waals surface area (Å²) in [6.07, 6.45) is 3.38. The van der Waals surface area contributed by atoms with E-state index < -0.39 is 11.7 Å². The van der Waals surface area contributed by atoms with Gasteiger partial charge in [0.15, 0.2) is 5.82 Å². The second kappa shape index (κ2) is 4.85. The van der Waals surface area contributed by atoms with Crippen LogP contribution < -0.4 is 4.90 Å². The average molecular weight is 307 g/mol. The van der Waals surface area contributed by atoms with Crippen LogP contribution in [-0.2, 0) is 4.79 Å². The lowest BCUT2D eigenvalue weighted by atomic mass is 10.1. The van der Waals surface area contributed by atoms with Gasteiger partial charge in [-0.3, -0.25) is 19.5 Å². The van der Waals surface area contributed by atoms with Crippen LogP contribution in [0.2, 0.25) is 0 Å². The molecule has 0 saturated carbocycles. The van der Waals surface area contributed by atoms with E-state index in [4.69, 9.17) is 0 Å². The van der Waals surface area contributed by atoms with Crippen molar-refractivity contribution in [3.05, 3.63) is 59.7 Å². The highest BCUT2D eigenvalue weighted by Gasteiger charge is 2.37. The number of Topliss-reactive ketones (excluding diaryl/α,β-unsaturated/α-hetero) is 1. The van der Waals surface area contributed by atoms with Crippen LogP contribution in [0.15, 0.2) is 54.2 Å². The first-order valence-electron chi connectivity index (χ1n) is 6.59. The average Bonchev–Trinajstić information content (AvgIpc) is 3.13. The molecule has 4 rings (SSSR count). The van der Waals surface area contributed by atoms with Gasteiger partial charge in [-0.2, -0.15) is 0 Å². The molecule has 0 spiro atoms. The number of carbonyl (C=O) groups is 2. The Labute approximate surface area is 129 Å². The number of anilines is 2. The van der Waals surface area contributed by atoms with Crippen LogP contribution in [0.4, 0.5) is 11.5 Å². The van der Waals surface area contributed by atoms with Crippen molar-refractivity contribution in [2.45, 2.75) is 0 Å². The molecule has 5 nitrogen and oxygen atoms in total. The van der Waals surface area contributed by atoms with Crippen molar-refractivity contribution in [3.63, 3.8) is 0 Å². The van der Waals surface area contributed by atoms with Crippen LogP contribution >= 0.6 is 11.3 Å². The number of fused-ring (bicyclic) bond motifs is 1. The maximum Gasteiger partial charge on any atom is 0.305 e. The summed E-state index contributed by atoms with van der Waals surface area (Å²) in [5.41, 5.74) is 1.94. The number of benzene rings is 1. The Hall–Kier alpha value is -2.86. The number of aromatic nitrogens is 2. The monoisotopic (exact) mass is 307 g/mol. The molecule has 0 bridgehead atoms. The van der Waals surface area contributed by atoms with E-state index in [-0.39, 0.29) is 0 Å². The van der Waals surface area contributed by atoms with Crippen molar-refractivity contribution in [3.8, 4) is 10.6 Å². The van der Waals surface area contributed by atoms with Gasteiger partial charge in [0.2, 0.25) is 0 Å². The Morgan fingerprint density at radius 1 is 1.00 bits per heavy atom. The largest absolute Gasteiger partial charge is 0.305 e. The third-order valence-electron chi connectivity index (χ3n) is 3.44. The van der Waals surface area contributed by atoms with Crippen LogP contribution in [0.3, 0.4) is 0 Å². The van der Waals surface area contributed by atoms with Gasteiger partial charge >= 0.3 is 5.91 Å². The summed E-state index contributed by atoms with van der Waals surface area (Å²) in [6.45, 7) is 0. The number of rotatable bonds is 2. The Balaban J connectivity index is 1.79. The molecule has 3 aromatic rings. The van der Waals surface area contributed by atoms with E-state index in [1.807, 2.05) is 12.1 Å². The summed E-state index contributed by atoms with van der Waals surface area (Å²) in [6, 6.07) is 10.7. The first-order chi connectivity index (χ1) is 10.8. The van der Waals surface area contributed by atoms with Gasteiger partial charge in [0.05, 0.1) is 11.3 Å². The van der Waals surface area contributed by atoms with Gasteiger partial charge < -0.3 is 0 Å². The van der Waals surface area contributed by atoms with E-state index >= 15 is 0 Å². The topological polar surface area (TPSA) is 63.2 Å². The molecular weight excluding hydrogens is 298 g/mol. The number of hydrogen-bond acceptors (Lipinski definition) is 5. The molecule has 22 heavy (non-hydrogen) atoms. The molecule has 1 amide bonds. The molecule has 0 aliphatic carbocycles. The second-order valence-corrected chi connectivity index (χ2v) is 5.59. The van der Waals surface area contributed by atoms with Crippen LogP contribution in [0, 0.1) is 0 Å². The van der Waals surface area contributed by atoms with Crippen LogP contribution in [-0.4, -0.2) is 21.7 Å². The minimum Gasteiger partial charge on any atom is -0.283 e. The lowest BCUT2D eigenvalue weighted by Gasteiger charge is -2.12. The number of nitrogens with zero attached hydrogens (tertiary/aromatic N) is 3. The van der Waals surface area contributed by atoms with Crippen molar-refractivity contribution in [2.24, 2.45) is 0 Å². The number of ketones is 1. The number of thiazole rings is 1. The zero-order chi connectivity index (χ0) is 15.1. The molecule has 0 saturated heterocycles. The van der Waals surface area contributed by atoms with E-state index in [1.165, 1.54) is 16.2 Å². The lowest BCUT2D eigenvalue weighted by molar-refractivity contribution is -0.113. The fourth-order valence-corrected chi connectivity index (χ4v) is 3.20. The predicted molar refractivity (Wildman–Crippen MR) is 83.3 cm³/mol. The van der Waals surface area contributed by atoms with Crippen molar-refractivity contribution in [1.29, 1.82) is 0 Å². The molecule has 0 atom stereocenters. The van der Waals surface area contributed by atoms with E-state index in [2.05, 4.69) is 9.97 Å². The summed E-state index contributed by atoms with van der Waals surface area (Å²) >= 11 is 1.42. The van der Waals surface area contributed by atoms with Crippen LogP contribution in [0.5, 0.6) is 0 Å². The van der Waals surface area contributed by atoms with E-state index in [1.54, 1.807) is 42.0 Å². The summed E-state index contributed by atoms with van der Waals surface area (Å²) in [5.74, 6) is -0.582. The van der Waals surface area contributed by atoms with E-state index in [0.29, 0.717) is 17.1 Å². The Morgan fingerprint density at radius 2 is 1.77 bits per heavy atom.